The Labute approximate surface area is 124 Å². The number of fused-ring (bicyclic) bond motifs is 1. The molecule has 1 aromatic rings. The summed E-state index contributed by atoms with van der Waals surface area (Å²) < 4.78 is 5.68. The zero-order valence-electron chi connectivity index (χ0n) is 12.4. The molecule has 0 aromatic heterocycles. The predicted octanol–water partition coefficient (Wildman–Crippen LogP) is 1.64. The van der Waals surface area contributed by atoms with Crippen LogP contribution in [0.4, 0.5) is 0 Å². The van der Waals surface area contributed by atoms with Crippen LogP contribution < -0.4 is 10.1 Å². The zero-order valence-corrected chi connectivity index (χ0v) is 12.4. The molecule has 0 radical (unpaired) electrons. The summed E-state index contributed by atoms with van der Waals surface area (Å²) in [6.45, 7) is 4.61. The number of para-hydroxylation sites is 1. The van der Waals surface area contributed by atoms with E-state index in [0.717, 1.165) is 11.3 Å². The second-order valence-corrected chi connectivity index (χ2v) is 5.85. The highest BCUT2D eigenvalue weighted by atomic mass is 16.5. The van der Waals surface area contributed by atoms with Crippen LogP contribution >= 0.6 is 0 Å². The molecule has 0 bridgehead atoms. The van der Waals surface area contributed by atoms with Crippen molar-refractivity contribution in [1.29, 1.82) is 0 Å². The van der Waals surface area contributed by atoms with Gasteiger partial charge in [-0.3, -0.25) is 9.59 Å². The third kappa shape index (κ3) is 2.26. The number of hydrogen-bond acceptors (Lipinski definition) is 3. The van der Waals surface area contributed by atoms with E-state index in [1.165, 1.54) is 0 Å². The Morgan fingerprint density at radius 3 is 2.90 bits per heavy atom. The Morgan fingerprint density at radius 2 is 2.14 bits per heavy atom. The van der Waals surface area contributed by atoms with Crippen molar-refractivity contribution < 1.29 is 14.3 Å². The molecule has 0 spiro atoms. The zero-order chi connectivity index (χ0) is 15.0. The maximum absolute atomic E-state index is 12.9. The summed E-state index contributed by atoms with van der Waals surface area (Å²) in [6, 6.07) is 7.68. The first kappa shape index (κ1) is 13.9. The van der Waals surface area contributed by atoms with Gasteiger partial charge in [-0.25, -0.2) is 0 Å². The number of carbonyl (C=O) groups excluding carboxylic acids is 2. The van der Waals surface area contributed by atoms with Gasteiger partial charge in [0.05, 0.1) is 6.04 Å². The average Bonchev–Trinajstić information content (AvgIpc) is 2.86. The third-order valence-corrected chi connectivity index (χ3v) is 4.49. The van der Waals surface area contributed by atoms with Gasteiger partial charge in [-0.2, -0.15) is 0 Å². The number of rotatable bonds is 2. The van der Waals surface area contributed by atoms with E-state index >= 15 is 0 Å². The van der Waals surface area contributed by atoms with Gasteiger partial charge in [0.2, 0.25) is 11.8 Å². The largest absolute Gasteiger partial charge is 0.491 e. The van der Waals surface area contributed by atoms with Crippen LogP contribution in [0.3, 0.4) is 0 Å². The van der Waals surface area contributed by atoms with Crippen molar-refractivity contribution in [2.75, 3.05) is 13.2 Å². The van der Waals surface area contributed by atoms with Crippen LogP contribution in [0.5, 0.6) is 5.75 Å². The van der Waals surface area contributed by atoms with E-state index in [-0.39, 0.29) is 17.9 Å². The minimum absolute atomic E-state index is 0.0267. The highest BCUT2D eigenvalue weighted by molar-refractivity contribution is 5.93. The smallest absolute Gasteiger partial charge is 0.248 e. The first-order chi connectivity index (χ1) is 10.0. The molecule has 21 heavy (non-hydrogen) atoms. The Balaban J connectivity index is 1.95. The normalized spacial score (nSPS) is 28.7. The summed E-state index contributed by atoms with van der Waals surface area (Å²) in [4.78, 5) is 26.6. The molecule has 1 aromatic carbocycles. The third-order valence-electron chi connectivity index (χ3n) is 4.49. The molecular formula is C16H20N2O3. The predicted molar refractivity (Wildman–Crippen MR) is 77.8 cm³/mol. The highest BCUT2D eigenvalue weighted by Crippen LogP contribution is 2.37. The van der Waals surface area contributed by atoms with Crippen LogP contribution in [-0.4, -0.2) is 35.4 Å². The van der Waals surface area contributed by atoms with Crippen molar-refractivity contribution >= 4 is 11.8 Å². The Hall–Kier alpha value is -2.04. The summed E-state index contributed by atoms with van der Waals surface area (Å²) in [7, 11) is 0. The van der Waals surface area contributed by atoms with Crippen molar-refractivity contribution in [1.82, 2.24) is 10.2 Å². The molecule has 2 unspecified atom stereocenters. The first-order valence-electron chi connectivity index (χ1n) is 7.39. The second-order valence-electron chi connectivity index (χ2n) is 5.85. The van der Waals surface area contributed by atoms with Crippen LogP contribution in [0.2, 0.25) is 0 Å². The minimum atomic E-state index is -0.828. The topological polar surface area (TPSA) is 58.6 Å². The van der Waals surface area contributed by atoms with Gasteiger partial charge in [0.15, 0.2) is 0 Å². The first-order valence-corrected chi connectivity index (χ1v) is 7.39. The molecule has 3 rings (SSSR count). The molecule has 2 amide bonds. The second kappa shape index (κ2) is 5.06. The van der Waals surface area contributed by atoms with E-state index in [4.69, 9.17) is 4.74 Å². The Kier molecular flexibility index (Phi) is 3.35. The van der Waals surface area contributed by atoms with Gasteiger partial charge in [-0.15, -0.1) is 0 Å². The van der Waals surface area contributed by atoms with E-state index in [0.29, 0.717) is 26.0 Å². The maximum Gasteiger partial charge on any atom is 0.248 e. The molecule has 1 N–H and O–H groups in total. The summed E-state index contributed by atoms with van der Waals surface area (Å²) in [5.74, 6) is 0.737. The standard InChI is InChI=1S/C16H20N2O3/c1-3-16(2)15(20)18(9-8-14(19)17-16)12-10-21-13-7-5-4-6-11(12)13/h4-7,12H,3,8-10H2,1-2H3,(H,17,19). The van der Waals surface area contributed by atoms with Gasteiger partial charge < -0.3 is 15.0 Å². The van der Waals surface area contributed by atoms with E-state index in [9.17, 15) is 9.59 Å². The monoisotopic (exact) mass is 288 g/mol. The fourth-order valence-electron chi connectivity index (χ4n) is 3.00. The maximum atomic E-state index is 12.9. The number of carbonyl (C=O) groups is 2. The molecule has 1 saturated heterocycles. The van der Waals surface area contributed by atoms with Crippen molar-refractivity contribution in [3.63, 3.8) is 0 Å². The van der Waals surface area contributed by atoms with E-state index < -0.39 is 5.54 Å². The van der Waals surface area contributed by atoms with Crippen LogP contribution in [-0.2, 0) is 9.59 Å². The van der Waals surface area contributed by atoms with Crippen molar-refractivity contribution in [2.24, 2.45) is 0 Å². The molecule has 5 nitrogen and oxygen atoms in total. The number of ether oxygens (including phenoxy) is 1. The molecule has 0 saturated carbocycles. The summed E-state index contributed by atoms with van der Waals surface area (Å²) in [5, 5.41) is 2.86. The lowest BCUT2D eigenvalue weighted by Gasteiger charge is -2.34. The lowest BCUT2D eigenvalue weighted by atomic mass is 9.95. The fourth-order valence-corrected chi connectivity index (χ4v) is 3.00. The number of hydrogen-bond donors (Lipinski definition) is 1. The molecule has 5 heteroatoms. The quantitative estimate of drug-likeness (QED) is 0.900. The van der Waals surface area contributed by atoms with Crippen LogP contribution in [0.15, 0.2) is 24.3 Å². The van der Waals surface area contributed by atoms with Crippen molar-refractivity contribution in [3.8, 4) is 5.75 Å². The van der Waals surface area contributed by atoms with E-state index in [1.807, 2.05) is 31.2 Å². The molecule has 1 fully saturated rings. The lowest BCUT2D eigenvalue weighted by molar-refractivity contribution is -0.140. The highest BCUT2D eigenvalue weighted by Gasteiger charge is 2.43. The Bertz CT molecular complexity index is 587. The molecule has 0 aliphatic carbocycles. The van der Waals surface area contributed by atoms with E-state index in [2.05, 4.69) is 5.32 Å². The molecule has 112 valence electrons. The van der Waals surface area contributed by atoms with Gasteiger partial charge in [-0.1, -0.05) is 25.1 Å². The van der Waals surface area contributed by atoms with E-state index in [1.54, 1.807) is 11.8 Å². The molecule has 2 aliphatic heterocycles. The van der Waals surface area contributed by atoms with Gasteiger partial charge >= 0.3 is 0 Å². The summed E-state index contributed by atoms with van der Waals surface area (Å²) in [6.07, 6.45) is 0.906. The number of nitrogens with zero attached hydrogens (tertiary/aromatic N) is 1. The summed E-state index contributed by atoms with van der Waals surface area (Å²) in [5.41, 5.74) is 0.198. The van der Waals surface area contributed by atoms with Gasteiger partial charge in [0.1, 0.15) is 17.9 Å². The molecule has 2 atom stereocenters. The Morgan fingerprint density at radius 1 is 1.38 bits per heavy atom. The average molecular weight is 288 g/mol. The van der Waals surface area contributed by atoms with Gasteiger partial charge in [-0.05, 0) is 19.4 Å². The lowest BCUT2D eigenvalue weighted by Crippen LogP contribution is -2.55. The summed E-state index contributed by atoms with van der Waals surface area (Å²) >= 11 is 0. The van der Waals surface area contributed by atoms with Crippen LogP contribution in [0.25, 0.3) is 0 Å². The SMILES string of the molecule is CCC1(C)NC(=O)CCN(C2COc3ccccc32)C1=O. The molecular weight excluding hydrogens is 268 g/mol. The number of nitrogens with one attached hydrogen (secondary N) is 1. The fraction of sp³-hybridized carbons (Fsp3) is 0.500. The van der Waals surface area contributed by atoms with Gasteiger partial charge in [0.25, 0.3) is 0 Å². The van der Waals surface area contributed by atoms with Gasteiger partial charge in [0, 0.05) is 18.5 Å². The number of amides is 2. The minimum Gasteiger partial charge on any atom is -0.491 e. The molecule has 2 heterocycles. The van der Waals surface area contributed by atoms with Crippen LogP contribution in [0, 0.1) is 0 Å². The number of benzene rings is 1. The van der Waals surface area contributed by atoms with Crippen LogP contribution in [0.1, 0.15) is 38.3 Å². The van der Waals surface area contributed by atoms with Crippen molar-refractivity contribution in [3.05, 3.63) is 29.8 Å². The van der Waals surface area contributed by atoms with Crippen molar-refractivity contribution in [2.45, 2.75) is 38.3 Å². The molecule has 2 aliphatic rings.